The van der Waals surface area contributed by atoms with Gasteiger partial charge in [-0.3, -0.25) is 4.79 Å². The fraction of sp³-hybridized carbons (Fsp3) is 0.455. The first-order chi connectivity index (χ1) is 14.4. The minimum Gasteiger partial charge on any atom is -0.354 e. The number of hydrogen-bond acceptors (Lipinski definition) is 5. The summed E-state index contributed by atoms with van der Waals surface area (Å²) in [6, 6.07) is 6.84. The number of aryl methyl sites for hydroxylation is 1. The number of sulfonamides is 1. The number of piperidine rings is 1. The quantitative estimate of drug-likeness (QED) is 0.747. The smallest absolute Gasteiger partial charge is 0.243 e. The van der Waals surface area contributed by atoms with Crippen LogP contribution in [0.15, 0.2) is 33.7 Å². The molecule has 160 valence electrons. The molecule has 1 aromatic heterocycles. The highest BCUT2D eigenvalue weighted by atomic mass is 32.2. The summed E-state index contributed by atoms with van der Waals surface area (Å²) >= 11 is 0. The van der Waals surface area contributed by atoms with Gasteiger partial charge >= 0.3 is 0 Å². The maximum atomic E-state index is 12.9. The Hall–Kier alpha value is -2.45. The van der Waals surface area contributed by atoms with E-state index in [9.17, 15) is 13.2 Å². The van der Waals surface area contributed by atoms with E-state index >= 15 is 0 Å². The molecular formula is C22H27N3O4S. The highest BCUT2D eigenvalue weighted by Gasteiger charge is 2.31. The highest BCUT2D eigenvalue weighted by molar-refractivity contribution is 7.89. The van der Waals surface area contributed by atoms with Crippen molar-refractivity contribution >= 4 is 33.8 Å². The number of anilines is 1. The molecule has 0 radical (unpaired) electrons. The normalized spacial score (nSPS) is 20.5. The summed E-state index contributed by atoms with van der Waals surface area (Å²) in [5.41, 5.74) is 2.04. The molecule has 1 N–H and O–H groups in total. The van der Waals surface area contributed by atoms with Crippen LogP contribution in [0.5, 0.6) is 0 Å². The molecule has 2 aromatic rings. The maximum absolute atomic E-state index is 12.9. The second kappa shape index (κ2) is 8.35. The Morgan fingerprint density at radius 1 is 1.17 bits per heavy atom. The van der Waals surface area contributed by atoms with Gasteiger partial charge in [-0.05, 0) is 63.3 Å². The SMILES string of the molecule is Cc1noc(/C=C\c2ccc(S(=O)(=O)N3CCCC[C@@H]3C)cc2)c1NC(=O)C1CC1. The molecule has 1 aliphatic heterocycles. The van der Waals surface area contributed by atoms with E-state index in [0.717, 1.165) is 37.7 Å². The van der Waals surface area contributed by atoms with Gasteiger partial charge in [-0.15, -0.1) is 0 Å². The van der Waals surface area contributed by atoms with Crippen LogP contribution in [0.3, 0.4) is 0 Å². The van der Waals surface area contributed by atoms with E-state index in [-0.39, 0.29) is 17.9 Å². The van der Waals surface area contributed by atoms with Crippen molar-refractivity contribution < 1.29 is 17.7 Å². The van der Waals surface area contributed by atoms with Crippen LogP contribution in [-0.2, 0) is 14.8 Å². The fourth-order valence-corrected chi connectivity index (χ4v) is 5.41. The topological polar surface area (TPSA) is 92.5 Å². The van der Waals surface area contributed by atoms with Crippen LogP contribution in [0, 0.1) is 12.8 Å². The first kappa shape index (κ1) is 20.8. The zero-order chi connectivity index (χ0) is 21.3. The van der Waals surface area contributed by atoms with Crippen molar-refractivity contribution in [3.63, 3.8) is 0 Å². The first-order valence-corrected chi connectivity index (χ1v) is 11.9. The molecule has 1 saturated carbocycles. The Labute approximate surface area is 177 Å². The summed E-state index contributed by atoms with van der Waals surface area (Å²) in [4.78, 5) is 12.4. The molecule has 2 heterocycles. The molecule has 1 aromatic carbocycles. The lowest BCUT2D eigenvalue weighted by Crippen LogP contribution is -2.41. The van der Waals surface area contributed by atoms with Crippen molar-refractivity contribution in [2.45, 2.75) is 56.9 Å². The average Bonchev–Trinajstić information content (AvgIpc) is 3.53. The van der Waals surface area contributed by atoms with Crippen LogP contribution in [0.1, 0.15) is 56.0 Å². The number of hydrogen-bond donors (Lipinski definition) is 1. The van der Waals surface area contributed by atoms with E-state index in [2.05, 4.69) is 10.5 Å². The highest BCUT2D eigenvalue weighted by Crippen LogP contribution is 2.32. The summed E-state index contributed by atoms with van der Waals surface area (Å²) in [6.45, 7) is 4.32. The van der Waals surface area contributed by atoms with E-state index < -0.39 is 10.0 Å². The zero-order valence-electron chi connectivity index (χ0n) is 17.3. The lowest BCUT2D eigenvalue weighted by molar-refractivity contribution is -0.117. The number of carbonyl (C=O) groups is 1. The minimum absolute atomic E-state index is 0.00236. The summed E-state index contributed by atoms with van der Waals surface area (Å²) in [5, 5.41) is 6.84. The summed E-state index contributed by atoms with van der Waals surface area (Å²) < 4.78 is 32.8. The third-order valence-corrected chi connectivity index (χ3v) is 7.77. The van der Waals surface area contributed by atoms with Gasteiger partial charge in [-0.2, -0.15) is 4.31 Å². The number of nitrogens with one attached hydrogen (secondary N) is 1. The number of carbonyl (C=O) groups excluding carboxylic acids is 1. The van der Waals surface area contributed by atoms with Crippen LogP contribution < -0.4 is 5.32 Å². The number of amides is 1. The van der Waals surface area contributed by atoms with Gasteiger partial charge in [0, 0.05) is 18.5 Å². The summed E-state index contributed by atoms with van der Waals surface area (Å²) in [7, 11) is -3.48. The maximum Gasteiger partial charge on any atom is 0.243 e. The molecular weight excluding hydrogens is 402 g/mol. The molecule has 7 nitrogen and oxygen atoms in total. The van der Waals surface area contributed by atoms with E-state index in [1.807, 2.05) is 13.0 Å². The lowest BCUT2D eigenvalue weighted by atomic mass is 10.1. The predicted molar refractivity (Wildman–Crippen MR) is 115 cm³/mol. The monoisotopic (exact) mass is 429 g/mol. The van der Waals surface area contributed by atoms with Crippen molar-refractivity contribution in [1.29, 1.82) is 0 Å². The second-order valence-corrected chi connectivity index (χ2v) is 10.0. The Balaban J connectivity index is 1.49. The second-order valence-electron chi connectivity index (χ2n) is 8.13. The van der Waals surface area contributed by atoms with E-state index in [0.29, 0.717) is 28.6 Å². The molecule has 1 saturated heterocycles. The van der Waals surface area contributed by atoms with Crippen LogP contribution in [0.4, 0.5) is 5.69 Å². The molecule has 0 bridgehead atoms. The van der Waals surface area contributed by atoms with Gasteiger partial charge in [0.05, 0.1) is 4.90 Å². The third kappa shape index (κ3) is 4.34. The van der Waals surface area contributed by atoms with E-state index in [1.54, 1.807) is 41.6 Å². The van der Waals surface area contributed by atoms with Gasteiger partial charge < -0.3 is 9.84 Å². The molecule has 4 rings (SSSR count). The van der Waals surface area contributed by atoms with Gasteiger partial charge in [0.25, 0.3) is 0 Å². The van der Waals surface area contributed by atoms with Gasteiger partial charge in [-0.1, -0.05) is 29.8 Å². The van der Waals surface area contributed by atoms with E-state index in [1.165, 1.54) is 0 Å². The Kier molecular flexibility index (Phi) is 5.79. The molecule has 1 atom stereocenters. The molecule has 2 fully saturated rings. The van der Waals surface area contributed by atoms with Crippen molar-refractivity contribution in [3.8, 4) is 0 Å². The van der Waals surface area contributed by atoms with Crippen LogP contribution >= 0.6 is 0 Å². The fourth-order valence-electron chi connectivity index (χ4n) is 3.71. The van der Waals surface area contributed by atoms with Crippen molar-refractivity contribution in [2.24, 2.45) is 5.92 Å². The van der Waals surface area contributed by atoms with Crippen LogP contribution in [-0.4, -0.2) is 36.4 Å². The standard InChI is InChI=1S/C22H27N3O4S/c1-15-5-3-4-14-25(15)30(27,28)19-11-6-17(7-12-19)8-13-20-21(16(2)24-29-20)23-22(26)18-9-10-18/h6-8,11-13,15,18H,3-5,9-10,14H2,1-2H3,(H,23,26)/b13-8-/t15-/m0/s1. The van der Waals surface area contributed by atoms with Crippen molar-refractivity contribution in [3.05, 3.63) is 41.3 Å². The Bertz CT molecular complexity index is 1050. The Morgan fingerprint density at radius 3 is 2.57 bits per heavy atom. The third-order valence-electron chi connectivity index (χ3n) is 5.74. The average molecular weight is 430 g/mol. The molecule has 8 heteroatoms. The molecule has 30 heavy (non-hydrogen) atoms. The largest absolute Gasteiger partial charge is 0.354 e. The van der Waals surface area contributed by atoms with Crippen LogP contribution in [0.2, 0.25) is 0 Å². The van der Waals surface area contributed by atoms with Crippen molar-refractivity contribution in [2.75, 3.05) is 11.9 Å². The summed E-state index contributed by atoms with van der Waals surface area (Å²) in [5.74, 6) is 0.561. The zero-order valence-corrected chi connectivity index (χ0v) is 18.1. The molecule has 1 amide bonds. The molecule has 1 aliphatic carbocycles. The first-order valence-electron chi connectivity index (χ1n) is 10.4. The molecule has 0 unspecified atom stereocenters. The number of benzene rings is 1. The van der Waals surface area contributed by atoms with Gasteiger partial charge in [0.2, 0.25) is 15.9 Å². The van der Waals surface area contributed by atoms with Gasteiger partial charge in [0.15, 0.2) is 5.76 Å². The van der Waals surface area contributed by atoms with Crippen LogP contribution in [0.25, 0.3) is 12.2 Å². The predicted octanol–water partition coefficient (Wildman–Crippen LogP) is 4.07. The molecule has 2 aliphatic rings. The van der Waals surface area contributed by atoms with Gasteiger partial charge in [0.1, 0.15) is 11.4 Å². The number of nitrogens with zero attached hydrogens (tertiary/aromatic N) is 2. The van der Waals surface area contributed by atoms with Gasteiger partial charge in [-0.25, -0.2) is 8.42 Å². The lowest BCUT2D eigenvalue weighted by Gasteiger charge is -2.32. The minimum atomic E-state index is -3.48. The number of aromatic nitrogens is 1. The number of rotatable bonds is 6. The Morgan fingerprint density at radius 2 is 1.90 bits per heavy atom. The van der Waals surface area contributed by atoms with E-state index in [4.69, 9.17) is 4.52 Å². The summed E-state index contributed by atoms with van der Waals surface area (Å²) in [6.07, 6.45) is 8.27. The van der Waals surface area contributed by atoms with Crippen molar-refractivity contribution in [1.82, 2.24) is 9.46 Å². The molecule has 0 spiro atoms.